The molecule has 0 aromatic rings. The second-order valence-corrected chi connectivity index (χ2v) is 3.47. The summed E-state index contributed by atoms with van der Waals surface area (Å²) in [6, 6.07) is 0. The quantitative estimate of drug-likeness (QED) is 0.581. The fourth-order valence-corrected chi connectivity index (χ4v) is 1.22. The molecule has 10 heavy (non-hydrogen) atoms. The SMILES string of the molecule is C/C(N)=C\S(=O)(=O)/C=C\N. The summed E-state index contributed by atoms with van der Waals surface area (Å²) >= 11 is 0. The van der Waals surface area contributed by atoms with E-state index in [0.717, 1.165) is 17.0 Å². The first-order chi connectivity index (χ1) is 4.48. The Bertz CT molecular complexity index is 247. The third kappa shape index (κ3) is 3.96. The van der Waals surface area contributed by atoms with Gasteiger partial charge in [0.25, 0.3) is 0 Å². The summed E-state index contributed by atoms with van der Waals surface area (Å²) in [5, 5.41) is 1.82. The summed E-state index contributed by atoms with van der Waals surface area (Å²) < 4.78 is 21.4. The van der Waals surface area contributed by atoms with E-state index in [1.165, 1.54) is 6.92 Å². The van der Waals surface area contributed by atoms with Gasteiger partial charge in [-0.2, -0.15) is 0 Å². The number of hydrogen-bond acceptors (Lipinski definition) is 4. The maximum absolute atomic E-state index is 10.7. The van der Waals surface area contributed by atoms with Gasteiger partial charge in [0.2, 0.25) is 0 Å². The molecule has 58 valence electrons. The van der Waals surface area contributed by atoms with Crippen LogP contribution in [0.2, 0.25) is 0 Å². The van der Waals surface area contributed by atoms with Crippen LogP contribution in [0, 0.1) is 0 Å². The molecule has 0 radical (unpaired) electrons. The molecule has 0 aliphatic rings. The average molecular weight is 162 g/mol. The minimum atomic E-state index is -3.32. The van der Waals surface area contributed by atoms with Gasteiger partial charge < -0.3 is 11.5 Å². The average Bonchev–Trinajstić information content (AvgIpc) is 1.59. The smallest absolute Gasteiger partial charge is 0.196 e. The molecule has 0 bridgehead atoms. The van der Waals surface area contributed by atoms with E-state index in [1.54, 1.807) is 0 Å². The first-order valence-corrected chi connectivity index (χ1v) is 4.16. The molecule has 0 fully saturated rings. The summed E-state index contributed by atoms with van der Waals surface area (Å²) in [6.45, 7) is 1.49. The van der Waals surface area contributed by atoms with Crippen LogP contribution in [0.3, 0.4) is 0 Å². The van der Waals surface area contributed by atoms with Crippen molar-refractivity contribution in [2.24, 2.45) is 11.5 Å². The van der Waals surface area contributed by atoms with Crippen LogP contribution in [0.1, 0.15) is 6.92 Å². The van der Waals surface area contributed by atoms with E-state index < -0.39 is 9.84 Å². The predicted molar refractivity (Wildman–Crippen MR) is 40.2 cm³/mol. The highest BCUT2D eigenvalue weighted by Gasteiger charge is 1.98. The molecular formula is C5H10N2O2S. The third-order valence-electron chi connectivity index (χ3n) is 0.618. The zero-order valence-corrected chi connectivity index (χ0v) is 6.43. The predicted octanol–water partition coefficient (Wildman–Crippen LogP) is -0.349. The number of nitrogens with two attached hydrogens (primary N) is 2. The van der Waals surface area contributed by atoms with E-state index >= 15 is 0 Å². The van der Waals surface area contributed by atoms with Crippen molar-refractivity contribution < 1.29 is 8.42 Å². The molecule has 0 saturated heterocycles. The molecule has 0 rings (SSSR count). The molecule has 0 saturated carbocycles. The minimum absolute atomic E-state index is 0.234. The van der Waals surface area contributed by atoms with E-state index in [2.05, 4.69) is 0 Å². The highest BCUT2D eigenvalue weighted by Crippen LogP contribution is 1.95. The fraction of sp³-hybridized carbons (Fsp3) is 0.200. The highest BCUT2D eigenvalue weighted by atomic mass is 32.2. The van der Waals surface area contributed by atoms with Gasteiger partial charge in [0.1, 0.15) is 0 Å². The maximum Gasteiger partial charge on any atom is 0.196 e. The normalized spacial score (nSPS) is 14.3. The lowest BCUT2D eigenvalue weighted by molar-refractivity contribution is 0.612. The Hall–Kier alpha value is -0.970. The highest BCUT2D eigenvalue weighted by molar-refractivity contribution is 7.97. The van der Waals surface area contributed by atoms with Crippen molar-refractivity contribution >= 4 is 9.84 Å². The fourth-order valence-electron chi connectivity index (χ4n) is 0.408. The molecular weight excluding hydrogens is 152 g/mol. The van der Waals surface area contributed by atoms with Gasteiger partial charge >= 0.3 is 0 Å². The van der Waals surface area contributed by atoms with Gasteiger partial charge in [-0.1, -0.05) is 0 Å². The van der Waals surface area contributed by atoms with Crippen molar-refractivity contribution in [2.45, 2.75) is 6.92 Å². The lowest BCUT2D eigenvalue weighted by Gasteiger charge is -1.88. The minimum Gasteiger partial charge on any atom is -0.404 e. The summed E-state index contributed by atoms with van der Waals surface area (Å²) in [6.07, 6.45) is 0.953. The Kier molecular flexibility index (Phi) is 2.95. The first-order valence-electron chi connectivity index (χ1n) is 2.55. The van der Waals surface area contributed by atoms with E-state index in [9.17, 15) is 8.42 Å². The van der Waals surface area contributed by atoms with Crippen molar-refractivity contribution in [1.82, 2.24) is 0 Å². The summed E-state index contributed by atoms with van der Waals surface area (Å²) in [5.74, 6) is 0. The van der Waals surface area contributed by atoms with Gasteiger partial charge in [-0.3, -0.25) is 0 Å². The number of hydrogen-bond donors (Lipinski definition) is 2. The van der Waals surface area contributed by atoms with Crippen LogP contribution in [0.15, 0.2) is 22.7 Å². The molecule has 0 spiro atoms. The van der Waals surface area contributed by atoms with Crippen molar-refractivity contribution in [3.8, 4) is 0 Å². The van der Waals surface area contributed by atoms with Crippen LogP contribution in [-0.2, 0) is 9.84 Å². The van der Waals surface area contributed by atoms with Crippen molar-refractivity contribution in [2.75, 3.05) is 0 Å². The Morgan fingerprint density at radius 2 is 2.00 bits per heavy atom. The van der Waals surface area contributed by atoms with Crippen LogP contribution >= 0.6 is 0 Å². The standard InChI is InChI=1S/C5H10N2O2S/c1-5(7)4-10(8,9)3-2-6/h2-4H,6-7H2,1H3/b3-2-,5-4+. The van der Waals surface area contributed by atoms with Gasteiger partial charge in [0.05, 0.1) is 10.8 Å². The molecule has 4 N–H and O–H groups in total. The molecule has 0 unspecified atom stereocenters. The van der Waals surface area contributed by atoms with Crippen LogP contribution in [0.4, 0.5) is 0 Å². The van der Waals surface area contributed by atoms with E-state index in [-0.39, 0.29) is 5.70 Å². The molecule has 0 aromatic heterocycles. The Morgan fingerprint density at radius 1 is 1.50 bits per heavy atom. The molecule has 0 aliphatic heterocycles. The van der Waals surface area contributed by atoms with Gasteiger partial charge in [-0.05, 0) is 6.92 Å². The molecule has 5 heteroatoms. The summed E-state index contributed by atoms with van der Waals surface area (Å²) in [4.78, 5) is 0. The van der Waals surface area contributed by atoms with E-state index in [0.29, 0.717) is 0 Å². The first kappa shape index (κ1) is 9.03. The monoisotopic (exact) mass is 162 g/mol. The van der Waals surface area contributed by atoms with Crippen LogP contribution in [0.5, 0.6) is 0 Å². The number of sulfone groups is 1. The molecule has 0 atom stereocenters. The lowest BCUT2D eigenvalue weighted by Crippen LogP contribution is -1.97. The third-order valence-corrected chi connectivity index (χ3v) is 1.86. The zero-order chi connectivity index (χ0) is 8.20. The van der Waals surface area contributed by atoms with Crippen LogP contribution < -0.4 is 11.5 Å². The van der Waals surface area contributed by atoms with Gasteiger partial charge in [0, 0.05) is 11.9 Å². The molecule has 0 aromatic carbocycles. The topological polar surface area (TPSA) is 86.2 Å². The summed E-state index contributed by atoms with van der Waals surface area (Å²) in [5.41, 5.74) is 10.2. The molecule has 0 heterocycles. The van der Waals surface area contributed by atoms with Crippen molar-refractivity contribution in [1.29, 1.82) is 0 Å². The molecule has 4 nitrogen and oxygen atoms in total. The number of allylic oxidation sites excluding steroid dienone is 1. The Balaban J connectivity index is 4.62. The van der Waals surface area contributed by atoms with Gasteiger partial charge in [-0.15, -0.1) is 0 Å². The molecule has 0 amide bonds. The Morgan fingerprint density at radius 3 is 2.30 bits per heavy atom. The lowest BCUT2D eigenvalue weighted by atomic mass is 10.6. The van der Waals surface area contributed by atoms with Crippen LogP contribution in [-0.4, -0.2) is 8.42 Å². The van der Waals surface area contributed by atoms with Crippen molar-refractivity contribution in [3.63, 3.8) is 0 Å². The second kappa shape index (κ2) is 3.26. The van der Waals surface area contributed by atoms with Gasteiger partial charge in [-0.25, -0.2) is 8.42 Å². The Labute approximate surface area is 60.1 Å². The van der Waals surface area contributed by atoms with Crippen molar-refractivity contribution in [3.05, 3.63) is 22.7 Å². The zero-order valence-electron chi connectivity index (χ0n) is 5.61. The largest absolute Gasteiger partial charge is 0.404 e. The maximum atomic E-state index is 10.7. The second-order valence-electron chi connectivity index (χ2n) is 1.78. The van der Waals surface area contributed by atoms with Gasteiger partial charge in [0.15, 0.2) is 9.84 Å². The van der Waals surface area contributed by atoms with Crippen LogP contribution in [0.25, 0.3) is 0 Å². The van der Waals surface area contributed by atoms with E-state index in [4.69, 9.17) is 11.5 Å². The molecule has 0 aliphatic carbocycles. The van der Waals surface area contributed by atoms with E-state index in [1.807, 2.05) is 0 Å². The number of rotatable bonds is 2. The summed E-state index contributed by atoms with van der Waals surface area (Å²) in [7, 11) is -3.32.